The maximum absolute atomic E-state index is 12.8. The summed E-state index contributed by atoms with van der Waals surface area (Å²) in [6.07, 6.45) is 0. The third kappa shape index (κ3) is 4.58. The number of primary sulfonamides is 1. The first-order valence-electron chi connectivity index (χ1n) is 8.28. The van der Waals surface area contributed by atoms with Crippen LogP contribution in [0.15, 0.2) is 58.3 Å². The van der Waals surface area contributed by atoms with Crippen molar-refractivity contribution in [2.75, 3.05) is 21.1 Å². The van der Waals surface area contributed by atoms with Gasteiger partial charge in [0.1, 0.15) is 0 Å². The van der Waals surface area contributed by atoms with Crippen LogP contribution in [0.3, 0.4) is 0 Å². The van der Waals surface area contributed by atoms with E-state index in [0.717, 1.165) is 4.31 Å². The fraction of sp³-hybridized carbons (Fsp3) is 0.278. The standard InChI is InChI=1S/C18H23N3O5S2/c1-13(15-6-5-7-17(12-15)27(19,23)24)21(4)18(22)14-8-10-16(11-9-14)28(25,26)20(2)3/h5-13H,1-4H3,(H2,19,23,24). The van der Waals surface area contributed by atoms with Crippen molar-refractivity contribution in [1.82, 2.24) is 9.21 Å². The molecule has 0 aliphatic rings. The number of carbonyl (C=O) groups excluding carboxylic acids is 1. The van der Waals surface area contributed by atoms with Crippen molar-refractivity contribution in [3.05, 3.63) is 59.7 Å². The second kappa shape index (κ2) is 8.00. The van der Waals surface area contributed by atoms with Crippen molar-refractivity contribution in [3.63, 3.8) is 0 Å². The summed E-state index contributed by atoms with van der Waals surface area (Å²) >= 11 is 0. The van der Waals surface area contributed by atoms with Crippen LogP contribution in [0.5, 0.6) is 0 Å². The van der Waals surface area contributed by atoms with Gasteiger partial charge in [-0.15, -0.1) is 0 Å². The first kappa shape index (κ1) is 22.0. The maximum Gasteiger partial charge on any atom is 0.254 e. The second-order valence-electron chi connectivity index (χ2n) is 6.52. The van der Waals surface area contributed by atoms with Crippen molar-refractivity contribution in [1.29, 1.82) is 0 Å². The predicted molar refractivity (Wildman–Crippen MR) is 106 cm³/mol. The largest absolute Gasteiger partial charge is 0.335 e. The van der Waals surface area contributed by atoms with Gasteiger partial charge >= 0.3 is 0 Å². The highest BCUT2D eigenvalue weighted by molar-refractivity contribution is 7.89. The van der Waals surface area contributed by atoms with Gasteiger partial charge in [-0.25, -0.2) is 26.3 Å². The van der Waals surface area contributed by atoms with Crippen LogP contribution in [0.25, 0.3) is 0 Å². The molecule has 0 bridgehead atoms. The Labute approximate surface area is 165 Å². The van der Waals surface area contributed by atoms with Crippen molar-refractivity contribution in [3.8, 4) is 0 Å². The van der Waals surface area contributed by atoms with Crippen LogP contribution >= 0.6 is 0 Å². The lowest BCUT2D eigenvalue weighted by Crippen LogP contribution is -2.30. The first-order chi connectivity index (χ1) is 12.9. The zero-order chi connectivity index (χ0) is 21.3. The minimum atomic E-state index is -3.85. The van der Waals surface area contributed by atoms with Crippen molar-refractivity contribution >= 4 is 26.0 Å². The Morgan fingerprint density at radius 2 is 1.50 bits per heavy atom. The molecule has 1 unspecified atom stereocenters. The van der Waals surface area contributed by atoms with Crippen LogP contribution < -0.4 is 5.14 Å². The van der Waals surface area contributed by atoms with Gasteiger partial charge in [0, 0.05) is 26.7 Å². The molecule has 1 amide bonds. The van der Waals surface area contributed by atoms with Crippen molar-refractivity contribution in [2.45, 2.75) is 22.8 Å². The molecule has 0 radical (unpaired) electrons. The molecule has 8 nitrogen and oxygen atoms in total. The summed E-state index contributed by atoms with van der Waals surface area (Å²) in [4.78, 5) is 14.3. The highest BCUT2D eigenvalue weighted by Gasteiger charge is 2.22. The summed E-state index contributed by atoms with van der Waals surface area (Å²) in [7, 11) is -2.98. The number of sulfonamides is 2. The number of amides is 1. The second-order valence-corrected chi connectivity index (χ2v) is 10.2. The van der Waals surface area contributed by atoms with Crippen LogP contribution in [-0.4, -0.2) is 53.1 Å². The SMILES string of the molecule is CC(c1cccc(S(N)(=O)=O)c1)N(C)C(=O)c1ccc(S(=O)(=O)N(C)C)cc1. The highest BCUT2D eigenvalue weighted by Crippen LogP contribution is 2.23. The van der Waals surface area contributed by atoms with Crippen molar-refractivity contribution < 1.29 is 21.6 Å². The molecule has 0 heterocycles. The summed E-state index contributed by atoms with van der Waals surface area (Å²) in [5.74, 6) is -0.331. The van der Waals surface area contributed by atoms with E-state index in [2.05, 4.69) is 0 Å². The Bertz CT molecular complexity index is 1080. The minimum absolute atomic E-state index is 0.0315. The van der Waals surface area contributed by atoms with Gasteiger partial charge in [0.2, 0.25) is 20.0 Å². The molecule has 10 heteroatoms. The van der Waals surface area contributed by atoms with Crippen LogP contribution in [0.1, 0.15) is 28.9 Å². The molecule has 0 spiro atoms. The molecular formula is C18H23N3O5S2. The third-order valence-corrected chi connectivity index (χ3v) is 7.19. The van der Waals surface area contributed by atoms with Crippen LogP contribution in [-0.2, 0) is 20.0 Å². The lowest BCUT2D eigenvalue weighted by atomic mass is 10.1. The fourth-order valence-corrected chi connectivity index (χ4v) is 4.01. The summed E-state index contributed by atoms with van der Waals surface area (Å²) in [6.45, 7) is 1.75. The molecular weight excluding hydrogens is 402 g/mol. The Morgan fingerprint density at radius 1 is 0.929 bits per heavy atom. The minimum Gasteiger partial charge on any atom is -0.335 e. The predicted octanol–water partition coefficient (Wildman–Crippen LogP) is 1.42. The van der Waals surface area contributed by atoms with Gasteiger partial charge in [-0.1, -0.05) is 12.1 Å². The molecule has 2 rings (SSSR count). The molecule has 2 aromatic rings. The quantitative estimate of drug-likeness (QED) is 0.751. The van der Waals surface area contributed by atoms with Gasteiger partial charge in [-0.2, -0.15) is 0 Å². The Kier molecular flexibility index (Phi) is 6.29. The van der Waals surface area contributed by atoms with Crippen molar-refractivity contribution in [2.24, 2.45) is 5.14 Å². The molecule has 0 aliphatic heterocycles. The number of carbonyl (C=O) groups is 1. The van der Waals surface area contributed by atoms with Gasteiger partial charge in [0.05, 0.1) is 15.8 Å². The van der Waals surface area contributed by atoms with E-state index in [1.54, 1.807) is 26.1 Å². The molecule has 0 saturated carbocycles. The average Bonchev–Trinajstić information content (AvgIpc) is 2.65. The fourth-order valence-electron chi connectivity index (χ4n) is 2.53. The monoisotopic (exact) mass is 425 g/mol. The Balaban J connectivity index is 2.27. The van der Waals surface area contributed by atoms with Gasteiger partial charge < -0.3 is 4.90 Å². The van der Waals surface area contributed by atoms with E-state index < -0.39 is 26.1 Å². The zero-order valence-corrected chi connectivity index (χ0v) is 17.7. The van der Waals surface area contributed by atoms with E-state index >= 15 is 0 Å². The van der Waals surface area contributed by atoms with E-state index in [1.165, 1.54) is 55.4 Å². The third-order valence-electron chi connectivity index (χ3n) is 4.45. The van der Waals surface area contributed by atoms with Gasteiger partial charge in [0.25, 0.3) is 5.91 Å². The number of rotatable bonds is 6. The lowest BCUT2D eigenvalue weighted by Gasteiger charge is -2.26. The molecule has 152 valence electrons. The van der Waals surface area contributed by atoms with E-state index in [-0.39, 0.29) is 15.7 Å². The number of benzene rings is 2. The van der Waals surface area contributed by atoms with E-state index in [9.17, 15) is 21.6 Å². The number of nitrogens with two attached hydrogens (primary N) is 1. The maximum atomic E-state index is 12.8. The normalized spacial score (nSPS) is 13.4. The van der Waals surface area contributed by atoms with Crippen LogP contribution in [0, 0.1) is 0 Å². The van der Waals surface area contributed by atoms with E-state index in [1.807, 2.05) is 0 Å². The average molecular weight is 426 g/mol. The molecule has 2 N–H and O–H groups in total. The number of hydrogen-bond acceptors (Lipinski definition) is 5. The van der Waals surface area contributed by atoms with Crippen LogP contribution in [0.4, 0.5) is 0 Å². The number of hydrogen-bond donors (Lipinski definition) is 1. The summed E-state index contributed by atoms with van der Waals surface area (Å²) in [6, 6.07) is 11.3. The Morgan fingerprint density at radius 3 is 2.00 bits per heavy atom. The molecule has 0 aromatic heterocycles. The lowest BCUT2D eigenvalue weighted by molar-refractivity contribution is 0.0742. The molecule has 28 heavy (non-hydrogen) atoms. The Hall–Kier alpha value is -2.27. The molecule has 0 aliphatic carbocycles. The molecule has 2 aromatic carbocycles. The molecule has 1 atom stereocenters. The summed E-state index contributed by atoms with van der Waals surface area (Å²) in [5.41, 5.74) is 0.920. The topological polar surface area (TPSA) is 118 Å². The van der Waals surface area contributed by atoms with Gasteiger partial charge in [-0.05, 0) is 48.9 Å². The van der Waals surface area contributed by atoms with E-state index in [0.29, 0.717) is 11.1 Å². The van der Waals surface area contributed by atoms with Gasteiger partial charge in [0.15, 0.2) is 0 Å². The first-order valence-corrected chi connectivity index (χ1v) is 11.3. The van der Waals surface area contributed by atoms with Crippen LogP contribution in [0.2, 0.25) is 0 Å². The highest BCUT2D eigenvalue weighted by atomic mass is 32.2. The summed E-state index contributed by atoms with van der Waals surface area (Å²) in [5, 5.41) is 5.16. The number of nitrogens with zero attached hydrogens (tertiary/aromatic N) is 2. The van der Waals surface area contributed by atoms with E-state index in [4.69, 9.17) is 5.14 Å². The zero-order valence-electron chi connectivity index (χ0n) is 16.0. The van der Waals surface area contributed by atoms with Gasteiger partial charge in [-0.3, -0.25) is 4.79 Å². The smallest absolute Gasteiger partial charge is 0.254 e. The summed E-state index contributed by atoms with van der Waals surface area (Å²) < 4.78 is 48.4. The molecule has 0 saturated heterocycles. The molecule has 0 fully saturated rings.